The van der Waals surface area contributed by atoms with Crippen LogP contribution in [0.15, 0.2) is 0 Å². The van der Waals surface area contributed by atoms with E-state index in [-0.39, 0.29) is 28.5 Å². The van der Waals surface area contributed by atoms with E-state index >= 15 is 0 Å². The number of hydrogen-bond acceptors (Lipinski definition) is 2. The number of rotatable bonds is 3. The molecule has 0 radical (unpaired) electrons. The third kappa shape index (κ3) is 6.00. The molecule has 0 atom stereocenters. The van der Waals surface area contributed by atoms with Gasteiger partial charge in [-0.1, -0.05) is 0 Å². The van der Waals surface area contributed by atoms with E-state index < -0.39 is 17.1 Å². The first kappa shape index (κ1) is 13.8. The van der Waals surface area contributed by atoms with Gasteiger partial charge in [0.2, 0.25) is 0 Å². The van der Waals surface area contributed by atoms with Crippen LogP contribution < -0.4 is 24.0 Å². The fourth-order valence-electron chi connectivity index (χ4n) is 1.85. The zero-order chi connectivity index (χ0) is 8.81. The molecule has 0 unspecified atom stereocenters. The van der Waals surface area contributed by atoms with Gasteiger partial charge >= 0.3 is 81.4 Å². The summed E-state index contributed by atoms with van der Waals surface area (Å²) in [5.74, 6) is 0. The van der Waals surface area contributed by atoms with Gasteiger partial charge in [-0.05, 0) is 0 Å². The average molecular weight is 349 g/mol. The summed E-state index contributed by atoms with van der Waals surface area (Å²) in [5.41, 5.74) is 0. The van der Waals surface area contributed by atoms with Crippen LogP contribution in [-0.2, 0) is 21.9 Å². The number of carbonyl (C=O) groups is 1. The summed E-state index contributed by atoms with van der Waals surface area (Å²) in [4.78, 5) is 11.2. The Labute approximate surface area is 105 Å². The van der Waals surface area contributed by atoms with Gasteiger partial charge in [0.25, 0.3) is 0 Å². The molecule has 0 spiro atoms. The van der Waals surface area contributed by atoms with Crippen LogP contribution in [0.1, 0.15) is 39.0 Å². The third-order valence-corrected chi connectivity index (χ3v) is 6.54. The minimum Gasteiger partial charge on any atom is -1.00 e. The fourth-order valence-corrected chi connectivity index (χ4v) is 5.58. The summed E-state index contributed by atoms with van der Waals surface area (Å²) in [6, 6.07) is 0. The fraction of sp³-hybridized carbons (Fsp3) is 0.889. The van der Waals surface area contributed by atoms with Crippen molar-refractivity contribution in [1.82, 2.24) is 0 Å². The maximum absolute atomic E-state index is 11.2. The van der Waals surface area contributed by atoms with Crippen LogP contribution in [0.2, 0.25) is 4.51 Å². The largest absolute Gasteiger partial charge is 1.00 e. The Morgan fingerprint density at radius 3 is 2.54 bits per heavy atom. The second-order valence-corrected chi connectivity index (χ2v) is 8.00. The standard InChI is InChI=1S/C6H11.C3H5O2.HI.Zn/c1-2-4-6-5-3-1;1-2-5-3-4;;/h1H,2-6H2;2H2,1H3;1H;/q;;;+1/p-1. The molecule has 0 aromatic carbocycles. The molecule has 1 rings (SSSR count). The van der Waals surface area contributed by atoms with Crippen LogP contribution in [-0.4, -0.2) is 11.2 Å². The topological polar surface area (TPSA) is 26.3 Å². The van der Waals surface area contributed by atoms with Crippen molar-refractivity contribution in [3.63, 3.8) is 0 Å². The molecule has 0 saturated heterocycles. The Bertz CT molecular complexity index is 147. The average Bonchev–Trinajstić information content (AvgIpc) is 2.06. The second-order valence-electron chi connectivity index (χ2n) is 3.51. The van der Waals surface area contributed by atoms with Crippen molar-refractivity contribution in [2.24, 2.45) is 0 Å². The molecule has 0 amide bonds. The van der Waals surface area contributed by atoms with Crippen molar-refractivity contribution >= 4 is 4.56 Å². The van der Waals surface area contributed by atoms with E-state index in [1.54, 1.807) is 0 Å². The van der Waals surface area contributed by atoms with Crippen LogP contribution in [0.3, 0.4) is 0 Å². The first-order valence-corrected chi connectivity index (χ1v) is 8.18. The predicted molar refractivity (Wildman–Crippen MR) is 43.9 cm³/mol. The van der Waals surface area contributed by atoms with Crippen LogP contribution in [0.4, 0.5) is 4.79 Å². The predicted octanol–water partition coefficient (Wildman–Crippen LogP) is -0.0180. The number of halogens is 1. The van der Waals surface area contributed by atoms with Gasteiger partial charge in [-0.2, -0.15) is 0 Å². The van der Waals surface area contributed by atoms with Crippen molar-refractivity contribution < 1.29 is 50.6 Å². The van der Waals surface area contributed by atoms with Crippen molar-refractivity contribution in [2.45, 2.75) is 43.5 Å². The summed E-state index contributed by atoms with van der Waals surface area (Å²) in [6.45, 7) is 2.46. The Morgan fingerprint density at radius 2 is 2.00 bits per heavy atom. The Balaban J connectivity index is 0.00000144. The van der Waals surface area contributed by atoms with Gasteiger partial charge in [0, 0.05) is 0 Å². The minimum absolute atomic E-state index is 0. The molecule has 2 nitrogen and oxygen atoms in total. The van der Waals surface area contributed by atoms with Crippen LogP contribution in [0.5, 0.6) is 0 Å². The van der Waals surface area contributed by atoms with E-state index in [9.17, 15) is 4.79 Å². The quantitative estimate of drug-likeness (QED) is 0.529. The van der Waals surface area contributed by atoms with Crippen molar-refractivity contribution in [3.8, 4) is 0 Å². The monoisotopic (exact) mass is 347 g/mol. The molecule has 0 heterocycles. The van der Waals surface area contributed by atoms with E-state index in [0.717, 1.165) is 4.51 Å². The zero-order valence-electron chi connectivity index (χ0n) is 8.22. The van der Waals surface area contributed by atoms with Crippen LogP contribution >= 0.6 is 0 Å². The smallest absolute Gasteiger partial charge is 1.00 e. The van der Waals surface area contributed by atoms with Gasteiger partial charge in [0.1, 0.15) is 0 Å². The van der Waals surface area contributed by atoms with E-state index in [1.165, 1.54) is 32.1 Å². The molecule has 1 aliphatic rings. The van der Waals surface area contributed by atoms with E-state index in [0.29, 0.717) is 6.61 Å². The van der Waals surface area contributed by atoms with Gasteiger partial charge in [0.05, 0.1) is 0 Å². The van der Waals surface area contributed by atoms with Crippen molar-refractivity contribution in [2.75, 3.05) is 6.61 Å². The molecule has 0 aromatic heterocycles. The molecule has 13 heavy (non-hydrogen) atoms. The first-order chi connectivity index (χ1) is 5.83. The normalized spacial score (nSPS) is 17.0. The molecule has 1 aliphatic carbocycles. The van der Waals surface area contributed by atoms with Gasteiger partial charge in [-0.3, -0.25) is 0 Å². The molecular weight excluding hydrogens is 332 g/mol. The van der Waals surface area contributed by atoms with Gasteiger partial charge in [0.15, 0.2) is 0 Å². The molecule has 73 valence electrons. The summed E-state index contributed by atoms with van der Waals surface area (Å²) in [5, 5.41) is 0. The summed E-state index contributed by atoms with van der Waals surface area (Å²) in [6.07, 6.45) is 6.67. The minimum atomic E-state index is -1.01. The van der Waals surface area contributed by atoms with Crippen LogP contribution in [0, 0.1) is 0 Å². The SMILES string of the molecule is CCO[C](=O)[Zn+][CH]1CCCCC1.[I-]. The zero-order valence-corrected chi connectivity index (χ0v) is 13.3. The number of hydrogen-bond donors (Lipinski definition) is 0. The molecule has 1 fully saturated rings. The molecule has 0 bridgehead atoms. The molecule has 4 heteroatoms. The maximum atomic E-state index is 11.2. The Morgan fingerprint density at radius 1 is 1.38 bits per heavy atom. The van der Waals surface area contributed by atoms with Crippen LogP contribution in [0.25, 0.3) is 0 Å². The maximum Gasteiger partial charge on any atom is -1.00 e. The first-order valence-electron chi connectivity index (χ1n) is 4.98. The molecule has 0 N–H and O–H groups in total. The Kier molecular flexibility index (Phi) is 8.67. The number of carbonyl (C=O) groups excluding carboxylic acids is 1. The molecule has 1 saturated carbocycles. The third-order valence-electron chi connectivity index (χ3n) is 2.49. The van der Waals surface area contributed by atoms with Gasteiger partial charge in [-0.15, -0.1) is 0 Å². The second kappa shape index (κ2) is 8.16. The van der Waals surface area contributed by atoms with Crippen molar-refractivity contribution in [3.05, 3.63) is 0 Å². The van der Waals surface area contributed by atoms with Crippen molar-refractivity contribution in [1.29, 1.82) is 0 Å². The Hall–Kier alpha value is 0.823. The summed E-state index contributed by atoms with van der Waals surface area (Å²) >= 11 is -1.01. The van der Waals surface area contributed by atoms with Gasteiger partial charge in [-0.25, -0.2) is 0 Å². The molecule has 0 aliphatic heterocycles. The number of ether oxygens (including phenoxy) is 1. The van der Waals surface area contributed by atoms with E-state index in [2.05, 4.69) is 0 Å². The summed E-state index contributed by atoms with van der Waals surface area (Å²) in [7, 11) is 0. The van der Waals surface area contributed by atoms with Gasteiger partial charge < -0.3 is 24.0 Å². The summed E-state index contributed by atoms with van der Waals surface area (Å²) < 4.78 is 5.96. The van der Waals surface area contributed by atoms with E-state index in [4.69, 9.17) is 4.74 Å². The van der Waals surface area contributed by atoms with E-state index in [1.807, 2.05) is 6.92 Å². The molecular formula is C9H16IO2Zn. The molecule has 0 aromatic rings.